The molecular weight excluding hydrogens is 300 g/mol. The molecule has 1 aromatic carbocycles. The van der Waals surface area contributed by atoms with E-state index in [2.05, 4.69) is 10.3 Å². The number of hydrogen-bond acceptors (Lipinski definition) is 3. The van der Waals surface area contributed by atoms with E-state index >= 15 is 0 Å². The maximum Gasteiger partial charge on any atom is 0.224 e. The molecule has 5 heteroatoms. The second-order valence-electron chi connectivity index (χ2n) is 4.98. The quantitative estimate of drug-likeness (QED) is 0.796. The number of likely N-dealkylation sites (N-methyl/N-ethyl adjacent to an activating group) is 1. The molecule has 0 atom stereocenters. The van der Waals surface area contributed by atoms with Crippen molar-refractivity contribution in [1.82, 2.24) is 10.3 Å². The number of aromatic nitrogens is 1. The van der Waals surface area contributed by atoms with Gasteiger partial charge in [0.25, 0.3) is 0 Å². The smallest absolute Gasteiger partial charge is 0.224 e. The number of nitrogens with one attached hydrogen (secondary N) is 1. The second-order valence-corrected chi connectivity index (χ2v) is 5.42. The predicted octanol–water partition coefficient (Wildman–Crippen LogP) is 3.83. The van der Waals surface area contributed by atoms with Crippen LogP contribution in [0, 0.1) is 0 Å². The zero-order valence-electron chi connectivity index (χ0n) is 12.1. The van der Waals surface area contributed by atoms with Gasteiger partial charge in [0.15, 0.2) is 5.58 Å². The Morgan fingerprint density at radius 2 is 2.23 bits per heavy atom. The highest BCUT2D eigenvalue weighted by atomic mass is 35.5. The number of furan rings is 1. The molecule has 1 amide bonds. The van der Waals surface area contributed by atoms with Crippen molar-refractivity contribution in [2.45, 2.75) is 13.3 Å². The zero-order chi connectivity index (χ0) is 15.5. The van der Waals surface area contributed by atoms with Gasteiger partial charge in [0.1, 0.15) is 11.8 Å². The summed E-state index contributed by atoms with van der Waals surface area (Å²) in [5, 5.41) is 3.34. The first kappa shape index (κ1) is 14.6. The van der Waals surface area contributed by atoms with Crippen molar-refractivity contribution >= 4 is 28.6 Å². The number of rotatable bonds is 4. The van der Waals surface area contributed by atoms with E-state index in [1.807, 2.05) is 31.2 Å². The molecule has 0 radical (unpaired) electrons. The number of pyridine rings is 1. The minimum Gasteiger partial charge on any atom is -0.462 e. The number of amides is 1. The van der Waals surface area contributed by atoms with Crippen LogP contribution in [-0.4, -0.2) is 17.4 Å². The number of fused-ring (bicyclic) bond motifs is 1. The average Bonchev–Trinajstić information content (AvgIpc) is 2.90. The summed E-state index contributed by atoms with van der Waals surface area (Å²) in [6, 6.07) is 9.56. The summed E-state index contributed by atoms with van der Waals surface area (Å²) in [4.78, 5) is 16.0. The number of carbonyl (C=O) groups is 1. The van der Waals surface area contributed by atoms with Gasteiger partial charge in [0.05, 0.1) is 11.4 Å². The van der Waals surface area contributed by atoms with Gasteiger partial charge in [-0.15, -0.1) is 0 Å². The van der Waals surface area contributed by atoms with Crippen LogP contribution in [0.1, 0.15) is 12.5 Å². The Kier molecular flexibility index (Phi) is 4.11. The second kappa shape index (κ2) is 6.20. The summed E-state index contributed by atoms with van der Waals surface area (Å²) in [7, 11) is 0. The van der Waals surface area contributed by atoms with Gasteiger partial charge in [0, 0.05) is 24.4 Å². The number of nitrogens with zero attached hydrogens (tertiary/aromatic N) is 1. The highest BCUT2D eigenvalue weighted by molar-refractivity contribution is 6.31. The minimum atomic E-state index is 0.0154. The molecule has 3 aromatic rings. The molecule has 0 aliphatic carbocycles. The van der Waals surface area contributed by atoms with Crippen LogP contribution in [0.25, 0.3) is 22.2 Å². The van der Waals surface area contributed by atoms with Crippen molar-refractivity contribution in [3.63, 3.8) is 0 Å². The monoisotopic (exact) mass is 314 g/mol. The van der Waals surface area contributed by atoms with E-state index in [1.54, 1.807) is 18.5 Å². The molecule has 3 rings (SSSR count). The van der Waals surface area contributed by atoms with Crippen LogP contribution in [0.2, 0.25) is 5.02 Å². The molecule has 0 saturated carbocycles. The predicted molar refractivity (Wildman–Crippen MR) is 86.8 cm³/mol. The van der Waals surface area contributed by atoms with E-state index in [4.69, 9.17) is 16.0 Å². The van der Waals surface area contributed by atoms with Crippen LogP contribution in [-0.2, 0) is 11.2 Å². The molecule has 0 aliphatic rings. The highest BCUT2D eigenvalue weighted by Gasteiger charge is 2.11. The molecule has 0 fully saturated rings. The first-order valence-electron chi connectivity index (χ1n) is 7.06. The number of carbonyl (C=O) groups excluding carboxylic acids is 1. The van der Waals surface area contributed by atoms with Gasteiger partial charge in [0.2, 0.25) is 5.91 Å². The summed E-state index contributed by atoms with van der Waals surface area (Å²) in [6.07, 6.45) is 3.62. The van der Waals surface area contributed by atoms with E-state index in [1.165, 1.54) is 0 Å². The summed E-state index contributed by atoms with van der Waals surface area (Å²) < 4.78 is 5.52. The Bertz CT molecular complexity index is 826. The van der Waals surface area contributed by atoms with Crippen molar-refractivity contribution in [3.05, 3.63) is 53.4 Å². The molecule has 112 valence electrons. The molecular formula is C17H15ClN2O2. The third-order valence-corrected chi connectivity index (χ3v) is 3.56. The normalized spacial score (nSPS) is 10.8. The lowest BCUT2D eigenvalue weighted by Crippen LogP contribution is -2.24. The Labute approximate surface area is 133 Å². The van der Waals surface area contributed by atoms with E-state index in [-0.39, 0.29) is 5.91 Å². The van der Waals surface area contributed by atoms with Gasteiger partial charge in [-0.2, -0.15) is 0 Å². The summed E-state index contributed by atoms with van der Waals surface area (Å²) >= 11 is 5.92. The fourth-order valence-electron chi connectivity index (χ4n) is 2.39. The average molecular weight is 315 g/mol. The lowest BCUT2D eigenvalue weighted by molar-refractivity contribution is -0.120. The molecule has 2 heterocycles. The molecule has 22 heavy (non-hydrogen) atoms. The van der Waals surface area contributed by atoms with E-state index < -0.39 is 0 Å². The lowest BCUT2D eigenvalue weighted by atomic mass is 10.0. The molecule has 0 bridgehead atoms. The zero-order valence-corrected chi connectivity index (χ0v) is 12.9. The highest BCUT2D eigenvalue weighted by Crippen LogP contribution is 2.30. The van der Waals surface area contributed by atoms with Gasteiger partial charge in [-0.3, -0.25) is 9.78 Å². The summed E-state index contributed by atoms with van der Waals surface area (Å²) in [6.45, 7) is 2.54. The van der Waals surface area contributed by atoms with Gasteiger partial charge in [-0.1, -0.05) is 35.9 Å². The standard InChI is InChI=1S/C17H15ClN2O2/c1-2-19-16(21)7-11-4-3-5-12(6-11)14-10-22-15-8-13(18)9-20-17(14)15/h3-6,8-10H,2,7H2,1H3,(H,19,21). The third-order valence-electron chi connectivity index (χ3n) is 3.35. The molecule has 0 unspecified atom stereocenters. The van der Waals surface area contributed by atoms with E-state index in [9.17, 15) is 4.79 Å². The fraction of sp³-hybridized carbons (Fsp3) is 0.176. The lowest BCUT2D eigenvalue weighted by Gasteiger charge is -2.05. The molecule has 0 spiro atoms. The number of benzene rings is 1. The first-order chi connectivity index (χ1) is 10.7. The van der Waals surface area contributed by atoms with Crippen LogP contribution in [0.15, 0.2) is 47.2 Å². The molecule has 0 saturated heterocycles. The van der Waals surface area contributed by atoms with Crippen LogP contribution < -0.4 is 5.32 Å². The summed E-state index contributed by atoms with van der Waals surface area (Å²) in [5.41, 5.74) is 4.22. The van der Waals surface area contributed by atoms with E-state index in [0.717, 1.165) is 22.2 Å². The van der Waals surface area contributed by atoms with Crippen molar-refractivity contribution in [1.29, 1.82) is 0 Å². The topological polar surface area (TPSA) is 55.1 Å². The number of halogens is 1. The Hall–Kier alpha value is -2.33. The van der Waals surface area contributed by atoms with Gasteiger partial charge in [-0.25, -0.2) is 0 Å². The molecule has 2 aromatic heterocycles. The van der Waals surface area contributed by atoms with Crippen molar-refractivity contribution in [2.24, 2.45) is 0 Å². The van der Waals surface area contributed by atoms with Crippen LogP contribution in [0.3, 0.4) is 0 Å². The summed E-state index contributed by atoms with van der Waals surface area (Å²) in [5.74, 6) is 0.0154. The Morgan fingerprint density at radius 3 is 3.05 bits per heavy atom. The van der Waals surface area contributed by atoms with Crippen LogP contribution in [0.5, 0.6) is 0 Å². The van der Waals surface area contributed by atoms with Crippen LogP contribution >= 0.6 is 11.6 Å². The molecule has 1 N–H and O–H groups in total. The van der Waals surface area contributed by atoms with Gasteiger partial charge < -0.3 is 9.73 Å². The third kappa shape index (κ3) is 2.97. The van der Waals surface area contributed by atoms with Gasteiger partial charge >= 0.3 is 0 Å². The van der Waals surface area contributed by atoms with Crippen molar-refractivity contribution < 1.29 is 9.21 Å². The first-order valence-corrected chi connectivity index (χ1v) is 7.44. The Balaban J connectivity index is 1.95. The maximum absolute atomic E-state index is 11.7. The largest absolute Gasteiger partial charge is 0.462 e. The van der Waals surface area contributed by atoms with Crippen molar-refractivity contribution in [2.75, 3.05) is 6.54 Å². The number of hydrogen-bond donors (Lipinski definition) is 1. The molecule has 0 aliphatic heterocycles. The molecule has 4 nitrogen and oxygen atoms in total. The SMILES string of the molecule is CCNC(=O)Cc1cccc(-c2coc3cc(Cl)cnc23)c1. The Morgan fingerprint density at radius 1 is 1.36 bits per heavy atom. The van der Waals surface area contributed by atoms with Crippen LogP contribution in [0.4, 0.5) is 0 Å². The maximum atomic E-state index is 11.7. The van der Waals surface area contributed by atoms with Crippen molar-refractivity contribution in [3.8, 4) is 11.1 Å². The minimum absolute atomic E-state index is 0.0154. The van der Waals surface area contributed by atoms with Gasteiger partial charge in [-0.05, 0) is 18.1 Å². The van der Waals surface area contributed by atoms with E-state index in [0.29, 0.717) is 23.6 Å². The fourth-order valence-corrected chi connectivity index (χ4v) is 2.54.